The van der Waals surface area contributed by atoms with Crippen LogP contribution < -0.4 is 5.32 Å². The number of nitrogens with one attached hydrogen (secondary N) is 2. The molecule has 1 aliphatic carbocycles. The average molecular weight is 386 g/mol. The van der Waals surface area contributed by atoms with Crippen molar-refractivity contribution in [1.82, 2.24) is 24.3 Å². The molecular weight excluding hydrogens is 369 g/mol. The molecule has 1 aliphatic rings. The van der Waals surface area contributed by atoms with Crippen LogP contribution in [0.15, 0.2) is 36.9 Å². The lowest BCUT2D eigenvalue weighted by molar-refractivity contribution is 0.0782. The van der Waals surface area contributed by atoms with Crippen LogP contribution in [0.1, 0.15) is 31.4 Å². The normalized spacial score (nSPS) is 16.0. The molecule has 0 atom stereocenters. The second-order valence-electron chi connectivity index (χ2n) is 7.15. The number of hydrogen-bond donors (Lipinski definition) is 2. The van der Waals surface area contributed by atoms with E-state index in [2.05, 4.69) is 25.3 Å². The van der Waals surface area contributed by atoms with Gasteiger partial charge in [-0.3, -0.25) is 4.40 Å². The lowest BCUT2D eigenvalue weighted by Crippen LogP contribution is -2.39. The molecule has 28 heavy (non-hydrogen) atoms. The van der Waals surface area contributed by atoms with Crippen molar-refractivity contribution >= 4 is 22.6 Å². The number of alkyl halides is 3. The summed E-state index contributed by atoms with van der Waals surface area (Å²) in [7, 11) is 0. The molecule has 4 aromatic heterocycles. The van der Waals surface area contributed by atoms with Gasteiger partial charge in [0.15, 0.2) is 0 Å². The van der Waals surface area contributed by atoms with Gasteiger partial charge >= 0.3 is 0 Å². The van der Waals surface area contributed by atoms with E-state index >= 15 is 0 Å². The van der Waals surface area contributed by atoms with Crippen LogP contribution in [-0.2, 0) is 0 Å². The number of nitrogens with zero attached hydrogens (tertiary/aromatic N) is 4. The molecule has 5 rings (SSSR count). The topological polar surface area (TPSA) is 70.9 Å². The lowest BCUT2D eigenvalue weighted by Gasteiger charge is -2.33. The Balaban J connectivity index is 1.47. The monoisotopic (exact) mass is 386 g/mol. The zero-order valence-corrected chi connectivity index (χ0v) is 14.8. The first-order valence-electron chi connectivity index (χ1n) is 9.05. The van der Waals surface area contributed by atoms with Gasteiger partial charge in [-0.15, -0.1) is 0 Å². The third kappa shape index (κ3) is 2.78. The summed E-state index contributed by atoms with van der Waals surface area (Å²) < 4.78 is 41.9. The van der Waals surface area contributed by atoms with E-state index in [-0.39, 0.29) is 12.2 Å². The van der Waals surface area contributed by atoms with E-state index in [0.717, 1.165) is 22.9 Å². The van der Waals surface area contributed by atoms with Crippen LogP contribution in [0.5, 0.6) is 0 Å². The molecule has 0 amide bonds. The summed E-state index contributed by atoms with van der Waals surface area (Å²) in [6, 6.07) is 3.51. The molecule has 0 saturated heterocycles. The van der Waals surface area contributed by atoms with E-state index < -0.39 is 12.1 Å². The molecule has 144 valence electrons. The van der Waals surface area contributed by atoms with E-state index in [9.17, 15) is 13.2 Å². The first-order valence-corrected chi connectivity index (χ1v) is 9.05. The Morgan fingerprint density at radius 3 is 2.82 bits per heavy atom. The number of aromatic nitrogens is 5. The van der Waals surface area contributed by atoms with Crippen LogP contribution in [0.4, 0.5) is 19.1 Å². The van der Waals surface area contributed by atoms with Crippen LogP contribution in [0.3, 0.4) is 0 Å². The van der Waals surface area contributed by atoms with Gasteiger partial charge in [0.2, 0.25) is 5.95 Å². The van der Waals surface area contributed by atoms with Crippen molar-refractivity contribution in [3.05, 3.63) is 42.6 Å². The molecule has 2 N–H and O–H groups in total. The summed E-state index contributed by atoms with van der Waals surface area (Å²) in [6.07, 6.45) is 5.63. The quantitative estimate of drug-likeness (QED) is 0.529. The van der Waals surface area contributed by atoms with E-state index in [1.165, 1.54) is 10.6 Å². The van der Waals surface area contributed by atoms with Gasteiger partial charge < -0.3 is 10.3 Å². The molecule has 0 aromatic carbocycles. The molecule has 6 nitrogen and oxygen atoms in total. The van der Waals surface area contributed by atoms with Crippen LogP contribution in [0.2, 0.25) is 0 Å². The molecule has 0 aliphatic heterocycles. The number of rotatable bonds is 5. The summed E-state index contributed by atoms with van der Waals surface area (Å²) >= 11 is 0. The van der Waals surface area contributed by atoms with Crippen molar-refractivity contribution in [3.63, 3.8) is 0 Å². The minimum Gasteiger partial charge on any atom is -0.351 e. The van der Waals surface area contributed by atoms with Crippen LogP contribution >= 0.6 is 0 Å². The van der Waals surface area contributed by atoms with Crippen LogP contribution in [0, 0.1) is 0 Å². The molecule has 4 heterocycles. The number of halogens is 3. The first kappa shape index (κ1) is 17.0. The van der Waals surface area contributed by atoms with Gasteiger partial charge in [-0.1, -0.05) is 0 Å². The SMILES string of the molecule is FC(F)c1cnc2ccc(-c3c[nH]c4nc(NCC5(F)CCC5)ncc34)cn12. The smallest absolute Gasteiger partial charge is 0.280 e. The minimum atomic E-state index is -2.61. The van der Waals surface area contributed by atoms with Crippen LogP contribution in [-0.4, -0.2) is 36.6 Å². The summed E-state index contributed by atoms with van der Waals surface area (Å²) in [5, 5.41) is 3.71. The molecular formula is C19H17F3N6. The Hall–Kier alpha value is -3.10. The van der Waals surface area contributed by atoms with Gasteiger partial charge in [0, 0.05) is 35.1 Å². The third-order valence-corrected chi connectivity index (χ3v) is 5.31. The second-order valence-corrected chi connectivity index (χ2v) is 7.15. The first-order chi connectivity index (χ1) is 13.5. The van der Waals surface area contributed by atoms with Crippen molar-refractivity contribution < 1.29 is 13.2 Å². The predicted molar refractivity (Wildman–Crippen MR) is 99.2 cm³/mol. The lowest BCUT2D eigenvalue weighted by atomic mass is 9.82. The van der Waals surface area contributed by atoms with E-state index in [1.807, 2.05) is 6.07 Å². The van der Waals surface area contributed by atoms with Crippen molar-refractivity contribution in [2.75, 3.05) is 11.9 Å². The van der Waals surface area contributed by atoms with Gasteiger partial charge in [0.25, 0.3) is 6.43 Å². The predicted octanol–water partition coefficient (Wildman–Crippen LogP) is 4.51. The Kier molecular flexibility index (Phi) is 3.78. The van der Waals surface area contributed by atoms with E-state index in [4.69, 9.17) is 0 Å². The molecule has 0 bridgehead atoms. The molecule has 0 spiro atoms. The Morgan fingerprint density at radius 1 is 1.21 bits per heavy atom. The fourth-order valence-electron chi connectivity index (χ4n) is 3.53. The summed E-state index contributed by atoms with van der Waals surface area (Å²) in [5.41, 5.74) is 1.25. The Bertz CT molecular complexity index is 1160. The summed E-state index contributed by atoms with van der Waals surface area (Å²) in [6.45, 7) is 0.194. The zero-order chi connectivity index (χ0) is 19.3. The van der Waals surface area contributed by atoms with Gasteiger partial charge in [0.1, 0.15) is 22.7 Å². The summed E-state index contributed by atoms with van der Waals surface area (Å²) in [4.78, 5) is 15.7. The Labute approximate surface area is 157 Å². The number of aromatic amines is 1. The van der Waals surface area contributed by atoms with Crippen molar-refractivity contribution in [3.8, 4) is 11.1 Å². The number of fused-ring (bicyclic) bond motifs is 2. The van der Waals surface area contributed by atoms with Crippen molar-refractivity contribution in [2.24, 2.45) is 0 Å². The molecule has 0 unspecified atom stereocenters. The van der Waals surface area contributed by atoms with Gasteiger partial charge in [-0.05, 0) is 31.4 Å². The van der Waals surface area contributed by atoms with Crippen molar-refractivity contribution in [2.45, 2.75) is 31.4 Å². The minimum absolute atomic E-state index is 0.157. The number of anilines is 1. The largest absolute Gasteiger partial charge is 0.351 e. The molecule has 1 saturated carbocycles. The van der Waals surface area contributed by atoms with Gasteiger partial charge in [-0.2, -0.15) is 4.98 Å². The maximum atomic E-state index is 14.1. The number of H-pyrrole nitrogens is 1. The third-order valence-electron chi connectivity index (χ3n) is 5.31. The Morgan fingerprint density at radius 2 is 2.07 bits per heavy atom. The zero-order valence-electron chi connectivity index (χ0n) is 14.8. The van der Waals surface area contributed by atoms with Gasteiger partial charge in [0.05, 0.1) is 12.7 Å². The van der Waals surface area contributed by atoms with Crippen molar-refractivity contribution in [1.29, 1.82) is 0 Å². The average Bonchev–Trinajstić information content (AvgIpc) is 3.27. The highest BCUT2D eigenvalue weighted by Gasteiger charge is 2.36. The van der Waals surface area contributed by atoms with E-state index in [1.54, 1.807) is 24.7 Å². The molecule has 4 aromatic rings. The number of pyridine rings is 1. The van der Waals surface area contributed by atoms with Gasteiger partial charge in [-0.25, -0.2) is 23.1 Å². The van der Waals surface area contributed by atoms with E-state index in [0.29, 0.717) is 30.1 Å². The number of hydrogen-bond acceptors (Lipinski definition) is 4. The highest BCUT2D eigenvalue weighted by Crippen LogP contribution is 2.36. The number of imidazole rings is 1. The molecule has 0 radical (unpaired) electrons. The maximum absolute atomic E-state index is 14.1. The molecule has 9 heteroatoms. The highest BCUT2D eigenvalue weighted by atomic mass is 19.3. The molecule has 1 fully saturated rings. The summed E-state index contributed by atoms with van der Waals surface area (Å²) in [5.74, 6) is 0.356. The second kappa shape index (κ2) is 6.22. The fourth-order valence-corrected chi connectivity index (χ4v) is 3.53. The fraction of sp³-hybridized carbons (Fsp3) is 0.316. The standard InChI is InChI=1S/C19H17F3N6/c20-16(21)14-8-23-15-3-2-11(9-28(14)15)12-6-24-17-13(12)7-25-18(27-17)26-10-19(22)4-1-5-19/h2-3,6-9,16H,1,4-5,10H2,(H2,24,25,26,27). The highest BCUT2D eigenvalue weighted by molar-refractivity contribution is 5.93. The van der Waals surface area contributed by atoms with Crippen LogP contribution in [0.25, 0.3) is 27.8 Å². The maximum Gasteiger partial charge on any atom is 0.280 e.